The van der Waals surface area contributed by atoms with Crippen molar-refractivity contribution in [2.24, 2.45) is 0 Å². The van der Waals surface area contributed by atoms with Gasteiger partial charge in [0, 0.05) is 49.8 Å². The third kappa shape index (κ3) is 3.51. The van der Waals surface area contributed by atoms with Crippen LogP contribution in [0.2, 0.25) is 0 Å². The number of benzene rings is 1. The third-order valence-electron chi connectivity index (χ3n) is 5.63. The number of aryl methyl sites for hydroxylation is 2. The van der Waals surface area contributed by atoms with E-state index >= 15 is 0 Å². The molecule has 0 saturated carbocycles. The Hall–Kier alpha value is -1.74. The van der Waals surface area contributed by atoms with Gasteiger partial charge >= 0.3 is 0 Å². The Bertz CT molecular complexity index is 638. The minimum absolute atomic E-state index is 1.16. The van der Waals surface area contributed by atoms with E-state index in [-0.39, 0.29) is 0 Å². The largest absolute Gasteiger partial charge is 0.369 e. The maximum absolute atomic E-state index is 2.64. The molecule has 2 aliphatic rings. The second-order valence-electron chi connectivity index (χ2n) is 7.19. The van der Waals surface area contributed by atoms with Crippen LogP contribution < -0.4 is 4.90 Å². The van der Waals surface area contributed by atoms with Crippen molar-refractivity contribution in [3.63, 3.8) is 0 Å². The minimum atomic E-state index is 1.16. The zero-order valence-corrected chi connectivity index (χ0v) is 14.7. The molecule has 0 unspecified atom stereocenters. The Morgan fingerprint density at radius 3 is 2.46 bits per heavy atom. The lowest BCUT2D eigenvalue weighted by Crippen LogP contribution is -2.46. The molecule has 0 spiro atoms. The van der Waals surface area contributed by atoms with E-state index in [0.717, 1.165) is 13.1 Å². The zero-order valence-electron chi connectivity index (χ0n) is 14.7. The van der Waals surface area contributed by atoms with Gasteiger partial charge in [-0.3, -0.25) is 4.90 Å². The molecule has 0 radical (unpaired) electrons. The summed E-state index contributed by atoms with van der Waals surface area (Å²) >= 11 is 0. The fourth-order valence-electron chi connectivity index (χ4n) is 4.21. The number of fused-ring (bicyclic) bond motifs is 1. The first-order valence-electron chi connectivity index (χ1n) is 9.60. The smallest absolute Gasteiger partial charge is 0.0367 e. The van der Waals surface area contributed by atoms with Crippen molar-refractivity contribution < 1.29 is 0 Å². The maximum Gasteiger partial charge on any atom is 0.0367 e. The van der Waals surface area contributed by atoms with Crippen LogP contribution in [0, 0.1) is 0 Å². The molecule has 2 aliphatic heterocycles. The van der Waals surface area contributed by atoms with Crippen LogP contribution >= 0.6 is 0 Å². The molecule has 2 aromatic rings. The number of aromatic nitrogens is 1. The van der Waals surface area contributed by atoms with Crippen molar-refractivity contribution in [2.75, 3.05) is 37.6 Å². The summed E-state index contributed by atoms with van der Waals surface area (Å²) in [4.78, 5) is 5.15. The van der Waals surface area contributed by atoms with Crippen LogP contribution in [0.5, 0.6) is 0 Å². The topological polar surface area (TPSA) is 11.4 Å². The lowest BCUT2D eigenvalue weighted by Gasteiger charge is -2.36. The molecule has 3 heteroatoms. The second kappa shape index (κ2) is 7.43. The Balaban J connectivity index is 1.23. The Kier molecular flexibility index (Phi) is 4.88. The average molecular weight is 323 g/mol. The van der Waals surface area contributed by atoms with E-state index in [1.807, 2.05) is 0 Å². The van der Waals surface area contributed by atoms with Crippen LogP contribution in [0.3, 0.4) is 0 Å². The van der Waals surface area contributed by atoms with Gasteiger partial charge in [0.15, 0.2) is 0 Å². The van der Waals surface area contributed by atoms with Gasteiger partial charge in [0.2, 0.25) is 0 Å². The van der Waals surface area contributed by atoms with E-state index in [0.29, 0.717) is 0 Å². The first-order chi connectivity index (χ1) is 11.9. The highest BCUT2D eigenvalue weighted by atomic mass is 15.3. The summed E-state index contributed by atoms with van der Waals surface area (Å²) in [7, 11) is 0. The molecule has 0 N–H and O–H groups in total. The number of piperazine rings is 1. The van der Waals surface area contributed by atoms with Crippen molar-refractivity contribution in [3.8, 4) is 0 Å². The molecular weight excluding hydrogens is 294 g/mol. The summed E-state index contributed by atoms with van der Waals surface area (Å²) in [5.41, 5.74) is 4.50. The molecule has 1 aromatic heterocycles. The number of nitrogens with zero attached hydrogens (tertiary/aromatic N) is 3. The number of para-hydroxylation sites is 1. The number of hydrogen-bond acceptors (Lipinski definition) is 2. The van der Waals surface area contributed by atoms with E-state index in [4.69, 9.17) is 0 Å². The second-order valence-corrected chi connectivity index (χ2v) is 7.19. The summed E-state index contributed by atoms with van der Waals surface area (Å²) in [6, 6.07) is 15.6. The summed E-state index contributed by atoms with van der Waals surface area (Å²) in [6.45, 7) is 7.19. The zero-order chi connectivity index (χ0) is 16.2. The maximum atomic E-state index is 2.64. The summed E-state index contributed by atoms with van der Waals surface area (Å²) in [5.74, 6) is 0. The van der Waals surface area contributed by atoms with Crippen molar-refractivity contribution in [1.82, 2.24) is 9.47 Å². The summed E-state index contributed by atoms with van der Waals surface area (Å²) < 4.78 is 2.58. The molecule has 4 rings (SSSR count). The predicted molar refractivity (Wildman–Crippen MR) is 101 cm³/mol. The quantitative estimate of drug-likeness (QED) is 0.833. The molecule has 1 fully saturated rings. The van der Waals surface area contributed by atoms with Crippen molar-refractivity contribution >= 4 is 5.69 Å². The van der Waals surface area contributed by atoms with E-state index in [2.05, 4.69) is 56.8 Å². The van der Waals surface area contributed by atoms with E-state index in [9.17, 15) is 0 Å². The Labute approximate surface area is 145 Å². The van der Waals surface area contributed by atoms with Crippen LogP contribution in [0.1, 0.15) is 30.7 Å². The number of anilines is 1. The average Bonchev–Trinajstić information content (AvgIpc) is 3.06. The third-order valence-corrected chi connectivity index (χ3v) is 5.63. The molecule has 1 saturated heterocycles. The Morgan fingerprint density at radius 1 is 0.792 bits per heavy atom. The van der Waals surface area contributed by atoms with Crippen LogP contribution in [-0.4, -0.2) is 42.2 Å². The fourth-order valence-corrected chi connectivity index (χ4v) is 4.21. The van der Waals surface area contributed by atoms with Crippen molar-refractivity contribution in [1.29, 1.82) is 0 Å². The van der Waals surface area contributed by atoms with E-state index in [1.165, 1.54) is 64.0 Å². The van der Waals surface area contributed by atoms with Crippen LogP contribution in [0.4, 0.5) is 5.69 Å². The molecular formula is C21H29N3. The molecule has 0 aliphatic carbocycles. The Morgan fingerprint density at radius 2 is 1.62 bits per heavy atom. The van der Waals surface area contributed by atoms with Crippen LogP contribution in [0.25, 0.3) is 0 Å². The summed E-state index contributed by atoms with van der Waals surface area (Å²) in [5, 5.41) is 0. The van der Waals surface area contributed by atoms with Gasteiger partial charge in [-0.1, -0.05) is 18.2 Å². The van der Waals surface area contributed by atoms with Gasteiger partial charge in [-0.05, 0) is 62.9 Å². The molecule has 3 heterocycles. The van der Waals surface area contributed by atoms with E-state index < -0.39 is 0 Å². The van der Waals surface area contributed by atoms with Gasteiger partial charge in [0.25, 0.3) is 0 Å². The van der Waals surface area contributed by atoms with Crippen molar-refractivity contribution in [3.05, 3.63) is 53.9 Å². The van der Waals surface area contributed by atoms with E-state index in [1.54, 1.807) is 11.4 Å². The van der Waals surface area contributed by atoms with Gasteiger partial charge in [-0.25, -0.2) is 0 Å². The lowest BCUT2D eigenvalue weighted by molar-refractivity contribution is 0.254. The highest BCUT2D eigenvalue weighted by molar-refractivity contribution is 5.46. The highest BCUT2D eigenvalue weighted by Crippen LogP contribution is 2.20. The molecule has 0 atom stereocenters. The van der Waals surface area contributed by atoms with Gasteiger partial charge in [0.1, 0.15) is 0 Å². The van der Waals surface area contributed by atoms with Gasteiger partial charge in [0.05, 0.1) is 0 Å². The first kappa shape index (κ1) is 15.8. The van der Waals surface area contributed by atoms with Gasteiger partial charge in [-0.15, -0.1) is 0 Å². The van der Waals surface area contributed by atoms with Gasteiger partial charge in [-0.2, -0.15) is 0 Å². The lowest BCUT2D eigenvalue weighted by atomic mass is 10.1. The molecule has 24 heavy (non-hydrogen) atoms. The SMILES string of the molecule is c1ccc(N2CCN(CCCc3ccc4n3CCCC4)CC2)cc1. The normalized spacial score (nSPS) is 18.6. The fraction of sp³-hybridized carbons (Fsp3) is 0.524. The molecule has 0 bridgehead atoms. The first-order valence-corrected chi connectivity index (χ1v) is 9.60. The standard InChI is InChI=1S/C21H29N3/c1-2-7-19(8-3-1)23-17-15-22(16-18-23)13-6-10-21-12-11-20-9-4-5-14-24(20)21/h1-3,7-8,11-12H,4-6,9-10,13-18H2. The van der Waals surface area contributed by atoms with Gasteiger partial charge < -0.3 is 9.47 Å². The summed E-state index contributed by atoms with van der Waals surface area (Å²) in [6.07, 6.45) is 6.53. The number of rotatable bonds is 5. The van der Waals surface area contributed by atoms with Crippen LogP contribution in [-0.2, 0) is 19.4 Å². The predicted octanol–water partition coefficient (Wildman–Crippen LogP) is 3.58. The molecule has 1 aromatic carbocycles. The molecule has 0 amide bonds. The van der Waals surface area contributed by atoms with Crippen molar-refractivity contribution in [2.45, 2.75) is 38.6 Å². The minimum Gasteiger partial charge on any atom is -0.369 e. The number of hydrogen-bond donors (Lipinski definition) is 0. The highest BCUT2D eigenvalue weighted by Gasteiger charge is 2.17. The molecule has 128 valence electrons. The monoisotopic (exact) mass is 323 g/mol. The molecule has 3 nitrogen and oxygen atoms in total. The van der Waals surface area contributed by atoms with Crippen LogP contribution in [0.15, 0.2) is 42.5 Å².